The second kappa shape index (κ2) is 7.84. The number of oxime groups is 1. The van der Waals surface area contributed by atoms with Crippen LogP contribution in [0.5, 0.6) is 0 Å². The highest BCUT2D eigenvalue weighted by Gasteiger charge is 2.34. The third kappa shape index (κ3) is 5.27. The van der Waals surface area contributed by atoms with Crippen LogP contribution in [0.1, 0.15) is 50.9 Å². The van der Waals surface area contributed by atoms with Gasteiger partial charge < -0.3 is 4.84 Å². The lowest BCUT2D eigenvalue weighted by molar-refractivity contribution is -0.138. The van der Waals surface area contributed by atoms with E-state index in [2.05, 4.69) is 20.2 Å². The second-order valence-electron chi connectivity index (χ2n) is 6.96. The predicted octanol–water partition coefficient (Wildman–Crippen LogP) is 3.92. The van der Waals surface area contributed by atoms with Gasteiger partial charge in [-0.05, 0) is 36.8 Å². The Morgan fingerprint density at radius 2 is 2.00 bits per heavy atom. The fraction of sp³-hybridized carbons (Fsp3) is 0.529. The van der Waals surface area contributed by atoms with Crippen LogP contribution in [0.25, 0.3) is 0 Å². The number of aryl methyl sites for hydroxylation is 1. The molecular formula is C17H22F3N5O. The lowest BCUT2D eigenvalue weighted by Crippen LogP contribution is -2.19. The highest BCUT2D eigenvalue weighted by Crippen LogP contribution is 2.34. The summed E-state index contributed by atoms with van der Waals surface area (Å²) in [7, 11) is 0. The van der Waals surface area contributed by atoms with E-state index in [0.717, 1.165) is 6.20 Å². The first-order valence-corrected chi connectivity index (χ1v) is 8.23. The zero-order valence-electron chi connectivity index (χ0n) is 15.2. The van der Waals surface area contributed by atoms with Crippen LogP contribution in [0.3, 0.4) is 0 Å². The van der Waals surface area contributed by atoms with Crippen LogP contribution in [0.2, 0.25) is 0 Å². The van der Waals surface area contributed by atoms with Crippen molar-refractivity contribution in [2.24, 2.45) is 10.6 Å². The van der Waals surface area contributed by atoms with Crippen molar-refractivity contribution in [3.8, 4) is 0 Å². The molecule has 6 nitrogen and oxygen atoms in total. The number of pyridine rings is 1. The Kier molecular flexibility index (Phi) is 5.99. The van der Waals surface area contributed by atoms with E-state index in [0.29, 0.717) is 13.0 Å². The molecule has 0 atom stereocenters. The first kappa shape index (κ1) is 19.9. The molecule has 0 saturated heterocycles. The average Bonchev–Trinajstić information content (AvgIpc) is 3.06. The topological polar surface area (TPSA) is 65.2 Å². The normalized spacial score (nSPS) is 13.1. The molecule has 9 heteroatoms. The summed E-state index contributed by atoms with van der Waals surface area (Å²) in [6, 6.07) is 1.40. The third-order valence-electron chi connectivity index (χ3n) is 3.58. The molecule has 142 valence electrons. The molecule has 0 aliphatic rings. The summed E-state index contributed by atoms with van der Waals surface area (Å²) in [5, 5.41) is 7.89. The second-order valence-corrected chi connectivity index (χ2v) is 6.96. The molecule has 26 heavy (non-hydrogen) atoms. The lowest BCUT2D eigenvalue weighted by atomic mass is 9.87. The van der Waals surface area contributed by atoms with E-state index in [4.69, 9.17) is 4.84 Å². The molecule has 0 aliphatic carbocycles. The van der Waals surface area contributed by atoms with Gasteiger partial charge in [0.2, 0.25) is 5.84 Å². The van der Waals surface area contributed by atoms with Gasteiger partial charge in [0.25, 0.3) is 0 Å². The third-order valence-corrected chi connectivity index (χ3v) is 3.58. The first-order chi connectivity index (χ1) is 12.1. The Balaban J connectivity index is 2.48. The minimum absolute atomic E-state index is 0.0968. The molecule has 0 unspecified atom stereocenters. The Bertz CT molecular complexity index is 749. The first-order valence-electron chi connectivity index (χ1n) is 8.23. The van der Waals surface area contributed by atoms with E-state index in [9.17, 15) is 13.2 Å². The van der Waals surface area contributed by atoms with Crippen LogP contribution < -0.4 is 0 Å². The maximum atomic E-state index is 13.4. The lowest BCUT2D eigenvalue weighted by Gasteiger charge is -2.20. The van der Waals surface area contributed by atoms with E-state index < -0.39 is 11.7 Å². The van der Waals surface area contributed by atoms with Crippen molar-refractivity contribution in [3.63, 3.8) is 0 Å². The number of hydrogen-bond acceptors (Lipinski definition) is 5. The summed E-state index contributed by atoms with van der Waals surface area (Å²) in [5.41, 5.74) is -0.428. The van der Waals surface area contributed by atoms with Crippen molar-refractivity contribution in [2.75, 3.05) is 6.61 Å². The zero-order valence-corrected chi connectivity index (χ0v) is 15.2. The molecule has 0 spiro atoms. The van der Waals surface area contributed by atoms with Gasteiger partial charge >= 0.3 is 6.18 Å². The Hall–Kier alpha value is -2.45. The van der Waals surface area contributed by atoms with Crippen LogP contribution in [0.4, 0.5) is 13.2 Å². The number of hydrogen-bond donors (Lipinski definition) is 0. The Morgan fingerprint density at radius 1 is 1.27 bits per heavy atom. The molecule has 0 saturated carbocycles. The van der Waals surface area contributed by atoms with Crippen LogP contribution in [-0.2, 0) is 17.4 Å². The molecule has 0 bridgehead atoms. The number of nitrogens with zero attached hydrogens (tertiary/aromatic N) is 5. The summed E-state index contributed by atoms with van der Waals surface area (Å²) in [6.07, 6.45) is -0.0824. The Morgan fingerprint density at radius 3 is 2.54 bits per heavy atom. The summed E-state index contributed by atoms with van der Waals surface area (Å²) < 4.78 is 41.4. The number of aromatic nitrogens is 4. The molecule has 0 radical (unpaired) electrons. The zero-order chi connectivity index (χ0) is 19.4. The van der Waals surface area contributed by atoms with E-state index in [-0.39, 0.29) is 28.9 Å². The molecular weight excluding hydrogens is 347 g/mol. The van der Waals surface area contributed by atoms with Crippen LogP contribution in [0, 0.1) is 5.41 Å². The van der Waals surface area contributed by atoms with Gasteiger partial charge in [0.1, 0.15) is 25.0 Å². The van der Waals surface area contributed by atoms with Crippen LogP contribution in [-0.4, -0.2) is 32.2 Å². The minimum Gasteiger partial charge on any atom is -0.394 e. The fourth-order valence-corrected chi connectivity index (χ4v) is 2.24. The van der Waals surface area contributed by atoms with Gasteiger partial charge in [-0.25, -0.2) is 4.98 Å². The summed E-state index contributed by atoms with van der Waals surface area (Å²) >= 11 is 0. The molecule has 2 aromatic rings. The molecule has 0 aromatic carbocycles. The van der Waals surface area contributed by atoms with Gasteiger partial charge in [0.15, 0.2) is 0 Å². The fourth-order valence-electron chi connectivity index (χ4n) is 2.24. The predicted molar refractivity (Wildman–Crippen MR) is 90.6 cm³/mol. The molecule has 0 N–H and O–H groups in total. The molecule has 2 heterocycles. The van der Waals surface area contributed by atoms with Crippen LogP contribution in [0.15, 0.2) is 30.1 Å². The minimum atomic E-state index is -4.47. The van der Waals surface area contributed by atoms with Crippen molar-refractivity contribution in [1.29, 1.82) is 0 Å². The monoisotopic (exact) mass is 369 g/mol. The van der Waals surface area contributed by atoms with E-state index in [1.165, 1.54) is 23.4 Å². The summed E-state index contributed by atoms with van der Waals surface area (Å²) in [4.78, 5) is 12.8. The van der Waals surface area contributed by atoms with Gasteiger partial charge in [0.05, 0.1) is 5.56 Å². The van der Waals surface area contributed by atoms with E-state index in [1.54, 1.807) is 6.92 Å². The highest BCUT2D eigenvalue weighted by molar-refractivity contribution is 5.97. The van der Waals surface area contributed by atoms with Gasteiger partial charge in [0, 0.05) is 6.20 Å². The smallest absolute Gasteiger partial charge is 0.394 e. The number of halogens is 3. The van der Waals surface area contributed by atoms with Gasteiger partial charge in [-0.15, -0.1) is 0 Å². The summed E-state index contributed by atoms with van der Waals surface area (Å²) in [5.74, 6) is 0.176. The number of alkyl halides is 3. The largest absolute Gasteiger partial charge is 0.418 e. The quantitative estimate of drug-likeness (QED) is 0.455. The SMILES string of the molecule is CCO/N=C(\c1cc(CCC(C)(C)C)c(C(F)(F)F)cn1)n1cncn1. The van der Waals surface area contributed by atoms with E-state index in [1.807, 2.05) is 20.8 Å². The van der Waals surface area contributed by atoms with Gasteiger partial charge in [-0.1, -0.05) is 25.9 Å². The van der Waals surface area contributed by atoms with Gasteiger partial charge in [-0.3, -0.25) is 4.98 Å². The standard InChI is InChI=1S/C17H22F3N5O/c1-5-26-24-15(25-11-21-10-23-25)14-8-12(6-7-16(2,3)4)13(9-22-14)17(18,19)20/h8-11H,5-7H2,1-4H3/b24-15+. The molecule has 2 rings (SSSR count). The maximum absolute atomic E-state index is 13.4. The average molecular weight is 369 g/mol. The van der Waals surface area contributed by atoms with Crippen molar-refractivity contribution >= 4 is 5.84 Å². The van der Waals surface area contributed by atoms with E-state index >= 15 is 0 Å². The van der Waals surface area contributed by atoms with Gasteiger partial charge in [-0.2, -0.15) is 23.0 Å². The van der Waals surface area contributed by atoms with Crippen molar-refractivity contribution in [1.82, 2.24) is 19.7 Å². The van der Waals surface area contributed by atoms with Crippen molar-refractivity contribution < 1.29 is 18.0 Å². The molecule has 0 aliphatic heterocycles. The maximum Gasteiger partial charge on any atom is 0.418 e. The highest BCUT2D eigenvalue weighted by atomic mass is 19.4. The molecule has 0 fully saturated rings. The molecule has 2 aromatic heterocycles. The van der Waals surface area contributed by atoms with Crippen molar-refractivity contribution in [3.05, 3.63) is 41.7 Å². The Labute approximate surface area is 150 Å². The van der Waals surface area contributed by atoms with Crippen molar-refractivity contribution in [2.45, 2.75) is 46.7 Å². The number of rotatable bonds is 5. The van der Waals surface area contributed by atoms with Crippen LogP contribution >= 0.6 is 0 Å². The molecule has 0 amide bonds. The summed E-state index contributed by atoms with van der Waals surface area (Å²) in [6.45, 7) is 8.01.